The summed E-state index contributed by atoms with van der Waals surface area (Å²) in [6, 6.07) is 0. The first-order valence-electron chi connectivity index (χ1n) is 5.44. The number of halogens is 1. The second-order valence-electron chi connectivity index (χ2n) is 3.76. The van der Waals surface area contributed by atoms with E-state index < -0.39 is 0 Å². The first kappa shape index (κ1) is 12.0. The van der Waals surface area contributed by atoms with Crippen LogP contribution in [0.15, 0.2) is 12.4 Å². The zero-order valence-electron chi connectivity index (χ0n) is 10.1. The first-order chi connectivity index (χ1) is 8.15. The fourth-order valence-electron chi connectivity index (χ4n) is 1.64. The van der Waals surface area contributed by atoms with Crippen LogP contribution >= 0.6 is 11.6 Å². The molecule has 0 saturated heterocycles. The third-order valence-electron chi connectivity index (χ3n) is 2.57. The summed E-state index contributed by atoms with van der Waals surface area (Å²) in [5, 5.41) is 8.44. The summed E-state index contributed by atoms with van der Waals surface area (Å²) < 4.78 is 9.26. The maximum Gasteiger partial charge on any atom is 0.222 e. The van der Waals surface area contributed by atoms with Crippen molar-refractivity contribution < 1.29 is 4.74 Å². The Labute approximate surface area is 105 Å². The molecule has 5 nitrogen and oxygen atoms in total. The zero-order valence-corrected chi connectivity index (χ0v) is 10.9. The van der Waals surface area contributed by atoms with Crippen molar-refractivity contribution in [1.82, 2.24) is 19.6 Å². The molecule has 0 spiro atoms. The van der Waals surface area contributed by atoms with Gasteiger partial charge in [-0.1, -0.05) is 0 Å². The summed E-state index contributed by atoms with van der Waals surface area (Å²) in [7, 11) is 1.84. The second kappa shape index (κ2) is 4.79. The Balaban J connectivity index is 2.29. The smallest absolute Gasteiger partial charge is 0.222 e. The lowest BCUT2D eigenvalue weighted by molar-refractivity contribution is 0.426. The highest BCUT2D eigenvalue weighted by atomic mass is 35.5. The van der Waals surface area contributed by atoms with Crippen LogP contribution < -0.4 is 4.74 Å². The van der Waals surface area contributed by atoms with Crippen LogP contribution in [0.25, 0.3) is 0 Å². The number of alkyl halides is 1. The van der Waals surface area contributed by atoms with Gasteiger partial charge in [0.2, 0.25) is 5.88 Å². The van der Waals surface area contributed by atoms with Crippen LogP contribution in [-0.4, -0.2) is 19.6 Å². The molecular weight excluding hydrogens is 240 g/mol. The van der Waals surface area contributed by atoms with Gasteiger partial charge in [-0.3, -0.25) is 4.68 Å². The van der Waals surface area contributed by atoms with Gasteiger partial charge in [-0.2, -0.15) is 10.2 Å². The van der Waals surface area contributed by atoms with Crippen LogP contribution in [0.2, 0.25) is 0 Å². The predicted octanol–water partition coefficient (Wildman–Crippen LogP) is 2.48. The molecule has 0 saturated carbocycles. The molecule has 0 aromatic carbocycles. The Kier molecular flexibility index (Phi) is 3.38. The average molecular weight is 255 g/mol. The minimum atomic E-state index is 0.386. The average Bonchev–Trinajstić information content (AvgIpc) is 2.85. The summed E-state index contributed by atoms with van der Waals surface area (Å²) in [6.45, 7) is 4.76. The van der Waals surface area contributed by atoms with Gasteiger partial charge in [0.1, 0.15) is 0 Å². The molecule has 6 heteroatoms. The van der Waals surface area contributed by atoms with Gasteiger partial charge in [-0.05, 0) is 13.8 Å². The standard InChI is InChI=1S/C11H15ClN4O/c1-4-16-7-9(6-13-16)17-11-10(5-12)8(2)14-15(11)3/h6-7H,4-5H2,1-3H3. The molecule has 0 aliphatic carbocycles. The van der Waals surface area contributed by atoms with Gasteiger partial charge in [0.05, 0.1) is 29.5 Å². The summed E-state index contributed by atoms with van der Waals surface area (Å²) in [4.78, 5) is 0. The number of ether oxygens (including phenoxy) is 1. The van der Waals surface area contributed by atoms with Gasteiger partial charge in [0.15, 0.2) is 5.75 Å². The second-order valence-corrected chi connectivity index (χ2v) is 4.03. The van der Waals surface area contributed by atoms with E-state index in [1.165, 1.54) is 0 Å². The molecule has 0 fully saturated rings. The fourth-order valence-corrected chi connectivity index (χ4v) is 1.95. The van der Waals surface area contributed by atoms with Crippen molar-refractivity contribution in [1.29, 1.82) is 0 Å². The normalized spacial score (nSPS) is 10.8. The van der Waals surface area contributed by atoms with E-state index in [4.69, 9.17) is 16.3 Å². The number of aryl methyl sites for hydroxylation is 3. The van der Waals surface area contributed by atoms with Crippen molar-refractivity contribution in [2.24, 2.45) is 7.05 Å². The minimum absolute atomic E-state index is 0.386. The van der Waals surface area contributed by atoms with E-state index in [0.29, 0.717) is 17.5 Å². The molecule has 2 rings (SSSR count). The van der Waals surface area contributed by atoms with Crippen LogP contribution in [0.5, 0.6) is 11.6 Å². The topological polar surface area (TPSA) is 44.9 Å². The molecule has 0 bridgehead atoms. The Morgan fingerprint density at radius 1 is 1.47 bits per heavy atom. The highest BCUT2D eigenvalue weighted by Gasteiger charge is 2.15. The van der Waals surface area contributed by atoms with Crippen molar-refractivity contribution in [3.05, 3.63) is 23.7 Å². The van der Waals surface area contributed by atoms with E-state index in [1.807, 2.05) is 27.1 Å². The molecule has 2 aromatic heterocycles. The molecule has 0 atom stereocenters. The highest BCUT2D eigenvalue weighted by molar-refractivity contribution is 6.17. The maximum atomic E-state index is 5.90. The summed E-state index contributed by atoms with van der Waals surface area (Å²) in [5.74, 6) is 1.76. The summed E-state index contributed by atoms with van der Waals surface area (Å²) >= 11 is 5.90. The van der Waals surface area contributed by atoms with Crippen LogP contribution in [-0.2, 0) is 19.5 Å². The van der Waals surface area contributed by atoms with Crippen molar-refractivity contribution >= 4 is 11.6 Å². The number of nitrogens with zero attached hydrogens (tertiary/aromatic N) is 4. The van der Waals surface area contributed by atoms with Crippen molar-refractivity contribution in [3.63, 3.8) is 0 Å². The van der Waals surface area contributed by atoms with Gasteiger partial charge in [-0.25, -0.2) is 4.68 Å². The van der Waals surface area contributed by atoms with Crippen LogP contribution in [0, 0.1) is 6.92 Å². The van der Waals surface area contributed by atoms with E-state index in [0.717, 1.165) is 17.8 Å². The number of hydrogen-bond donors (Lipinski definition) is 0. The summed E-state index contributed by atoms with van der Waals surface area (Å²) in [6.07, 6.45) is 3.53. The number of hydrogen-bond acceptors (Lipinski definition) is 3. The Bertz CT molecular complexity index is 518. The van der Waals surface area contributed by atoms with E-state index >= 15 is 0 Å². The number of rotatable bonds is 4. The highest BCUT2D eigenvalue weighted by Crippen LogP contribution is 2.27. The fraction of sp³-hybridized carbons (Fsp3) is 0.455. The molecule has 17 heavy (non-hydrogen) atoms. The van der Waals surface area contributed by atoms with Gasteiger partial charge in [0.25, 0.3) is 0 Å². The molecular formula is C11H15ClN4O. The van der Waals surface area contributed by atoms with E-state index in [-0.39, 0.29) is 0 Å². The van der Waals surface area contributed by atoms with Crippen molar-refractivity contribution in [2.45, 2.75) is 26.3 Å². The summed E-state index contributed by atoms with van der Waals surface area (Å²) in [5.41, 5.74) is 1.80. The Hall–Kier alpha value is -1.49. The van der Waals surface area contributed by atoms with Gasteiger partial charge < -0.3 is 4.74 Å². The molecule has 0 aliphatic heterocycles. The third-order valence-corrected chi connectivity index (χ3v) is 2.84. The molecule has 0 unspecified atom stereocenters. The third kappa shape index (κ3) is 2.29. The molecule has 92 valence electrons. The van der Waals surface area contributed by atoms with Crippen molar-refractivity contribution in [2.75, 3.05) is 0 Å². The van der Waals surface area contributed by atoms with Gasteiger partial charge in [0, 0.05) is 13.6 Å². The molecule has 0 amide bonds. The SMILES string of the molecule is CCn1cc(Oc2c(CCl)c(C)nn2C)cn1. The molecule has 0 radical (unpaired) electrons. The molecule has 2 heterocycles. The largest absolute Gasteiger partial charge is 0.436 e. The quantitative estimate of drug-likeness (QED) is 0.788. The van der Waals surface area contributed by atoms with E-state index in [2.05, 4.69) is 10.2 Å². The molecule has 0 aliphatic rings. The van der Waals surface area contributed by atoms with Crippen LogP contribution in [0.3, 0.4) is 0 Å². The first-order valence-corrected chi connectivity index (χ1v) is 5.98. The lowest BCUT2D eigenvalue weighted by atomic mass is 10.3. The van der Waals surface area contributed by atoms with E-state index in [1.54, 1.807) is 15.6 Å². The lowest BCUT2D eigenvalue weighted by Gasteiger charge is -2.04. The van der Waals surface area contributed by atoms with E-state index in [9.17, 15) is 0 Å². The maximum absolute atomic E-state index is 5.90. The van der Waals surface area contributed by atoms with Crippen molar-refractivity contribution in [3.8, 4) is 11.6 Å². The molecule has 0 N–H and O–H groups in total. The lowest BCUT2D eigenvalue weighted by Crippen LogP contribution is -1.96. The van der Waals surface area contributed by atoms with Crippen LogP contribution in [0.1, 0.15) is 18.2 Å². The molecule has 2 aromatic rings. The Morgan fingerprint density at radius 3 is 2.82 bits per heavy atom. The monoisotopic (exact) mass is 254 g/mol. The minimum Gasteiger partial charge on any atom is -0.436 e. The van der Waals surface area contributed by atoms with Gasteiger partial charge >= 0.3 is 0 Å². The van der Waals surface area contributed by atoms with Gasteiger partial charge in [-0.15, -0.1) is 11.6 Å². The zero-order chi connectivity index (χ0) is 12.4. The number of aromatic nitrogens is 4. The predicted molar refractivity (Wildman–Crippen MR) is 65.5 cm³/mol. The van der Waals surface area contributed by atoms with Crippen LogP contribution in [0.4, 0.5) is 0 Å². The Morgan fingerprint density at radius 2 is 2.24 bits per heavy atom.